The molecule has 0 radical (unpaired) electrons. The van der Waals surface area contributed by atoms with Crippen LogP contribution in [0.25, 0.3) is 105 Å². The molecule has 0 unspecified atom stereocenters. The fourth-order valence-corrected chi connectivity index (χ4v) is 9.20. The van der Waals surface area contributed by atoms with Crippen LogP contribution in [0.2, 0.25) is 0 Å². The van der Waals surface area contributed by atoms with Crippen molar-refractivity contribution in [2.45, 2.75) is 19.3 Å². The van der Waals surface area contributed by atoms with Crippen LogP contribution in [0.4, 0.5) is 5.69 Å². The minimum absolute atomic E-state index is 0.239. The van der Waals surface area contributed by atoms with E-state index in [2.05, 4.69) is 146 Å². The van der Waals surface area contributed by atoms with Gasteiger partial charge in [0, 0.05) is 22.1 Å². The smallest absolute Gasteiger partial charge is 0.187 e. The Morgan fingerprint density at radius 2 is 0.885 bits per heavy atom. The predicted molar refractivity (Wildman–Crippen MR) is 251 cm³/mol. The Bertz CT molecular complexity index is 3320. The molecule has 0 aliphatic heterocycles. The van der Waals surface area contributed by atoms with Crippen LogP contribution in [0.5, 0.6) is 0 Å². The third kappa shape index (κ3) is 6.18. The molecule has 0 atom stereocenters. The molecular weight excluding hydrogens is 741 g/mol. The van der Waals surface area contributed by atoms with Gasteiger partial charge in [-0.05, 0) is 89.3 Å². The van der Waals surface area contributed by atoms with Gasteiger partial charge in [0.25, 0.3) is 0 Å². The molecule has 1 aliphatic rings. The van der Waals surface area contributed by atoms with Crippen LogP contribution in [0.15, 0.2) is 194 Å². The molecule has 0 amide bonds. The maximum atomic E-state index is 7.66. The summed E-state index contributed by atoms with van der Waals surface area (Å²) in [5, 5.41) is 4.79. The van der Waals surface area contributed by atoms with Crippen molar-refractivity contribution in [3.8, 4) is 78.7 Å². The monoisotopic (exact) mass is 778 g/mol. The fourth-order valence-electron chi connectivity index (χ4n) is 9.20. The topological polar surface area (TPSA) is 43.0 Å². The van der Waals surface area contributed by atoms with Gasteiger partial charge in [-0.15, -0.1) is 0 Å². The average Bonchev–Trinajstić information content (AvgIpc) is 3.55. The molecule has 9 aromatic carbocycles. The first-order chi connectivity index (χ1) is 29.9. The molecule has 0 fully saturated rings. The summed E-state index contributed by atoms with van der Waals surface area (Å²) in [6, 6.07) is 68.5. The van der Waals surface area contributed by atoms with E-state index in [1.54, 1.807) is 0 Å². The number of hydrogen-bond acceptors (Lipinski definition) is 3. The maximum Gasteiger partial charge on any atom is 0.187 e. The highest BCUT2D eigenvalue weighted by Crippen LogP contribution is 2.52. The highest BCUT2D eigenvalue weighted by atomic mass is 15.0. The molecule has 0 saturated carbocycles. The third-order valence-electron chi connectivity index (χ3n) is 12.4. The van der Waals surface area contributed by atoms with E-state index >= 15 is 0 Å². The van der Waals surface area contributed by atoms with Crippen LogP contribution < -0.4 is 0 Å². The van der Waals surface area contributed by atoms with E-state index in [-0.39, 0.29) is 5.41 Å². The Morgan fingerprint density at radius 3 is 1.57 bits per heavy atom. The SMILES string of the molecule is [C-]#[N+]c1ccc2c(c1)C(C)(C)c1cc(-c3c(-c4ccc5cccc(-c6ccc(-c7nc(-c8ccccc8)nc(-c8ccccc8)n7)cc6)c5c4)ccc4ccccc34)ccc1-2. The van der Waals surface area contributed by atoms with E-state index in [1.807, 2.05) is 66.7 Å². The van der Waals surface area contributed by atoms with E-state index < -0.39 is 0 Å². The van der Waals surface area contributed by atoms with Crippen LogP contribution in [-0.4, -0.2) is 15.0 Å². The highest BCUT2D eigenvalue weighted by Gasteiger charge is 2.36. The quantitative estimate of drug-likeness (QED) is 0.158. The summed E-state index contributed by atoms with van der Waals surface area (Å²) < 4.78 is 0. The van der Waals surface area contributed by atoms with E-state index in [0.717, 1.165) is 33.4 Å². The summed E-state index contributed by atoms with van der Waals surface area (Å²) in [6.07, 6.45) is 0. The van der Waals surface area contributed by atoms with E-state index in [9.17, 15) is 0 Å². The third-order valence-corrected chi connectivity index (χ3v) is 12.4. The van der Waals surface area contributed by atoms with Crippen LogP contribution in [-0.2, 0) is 5.41 Å². The second-order valence-electron chi connectivity index (χ2n) is 16.3. The minimum Gasteiger partial charge on any atom is -0.238 e. The van der Waals surface area contributed by atoms with Gasteiger partial charge in [-0.3, -0.25) is 0 Å². The summed E-state index contributed by atoms with van der Waals surface area (Å²) in [4.78, 5) is 18.6. The number of hydrogen-bond donors (Lipinski definition) is 0. The van der Waals surface area contributed by atoms with Gasteiger partial charge in [-0.2, -0.15) is 0 Å². The molecule has 0 spiro atoms. The van der Waals surface area contributed by atoms with E-state index in [4.69, 9.17) is 21.5 Å². The van der Waals surface area contributed by atoms with Gasteiger partial charge in [0.2, 0.25) is 0 Å². The first-order valence-electron chi connectivity index (χ1n) is 20.6. The summed E-state index contributed by atoms with van der Waals surface area (Å²) in [5.74, 6) is 1.93. The summed E-state index contributed by atoms with van der Waals surface area (Å²) in [7, 11) is 0. The second kappa shape index (κ2) is 14.4. The normalized spacial score (nSPS) is 12.5. The average molecular weight is 779 g/mol. The molecule has 0 saturated heterocycles. The lowest BCUT2D eigenvalue weighted by molar-refractivity contribution is 0.661. The standard InChI is InChI=1S/C57H38N4/c1-57(2)51-34-43(28-31-48(51)49-32-29-44(58-3)35-52(49)57)53-46-19-11-10-13-36(46)27-30-47(53)42-26-23-37-18-12-20-45(50(37)33-42)38-21-24-41(25-22-38)56-60-54(39-14-6-4-7-15-39)59-55(61-56)40-16-8-5-9-17-40/h4-35H,1-2H3. The van der Waals surface area contributed by atoms with Crippen molar-refractivity contribution >= 4 is 27.2 Å². The van der Waals surface area contributed by atoms with Crippen molar-refractivity contribution < 1.29 is 0 Å². The zero-order valence-electron chi connectivity index (χ0n) is 33.8. The maximum absolute atomic E-state index is 7.66. The van der Waals surface area contributed by atoms with Gasteiger partial charge in [-0.1, -0.05) is 196 Å². The lowest BCUT2D eigenvalue weighted by Crippen LogP contribution is -2.15. The van der Waals surface area contributed by atoms with E-state index in [0.29, 0.717) is 23.2 Å². The predicted octanol–water partition coefficient (Wildman–Crippen LogP) is 15.0. The molecule has 4 nitrogen and oxygen atoms in total. The van der Waals surface area contributed by atoms with Crippen molar-refractivity contribution in [1.29, 1.82) is 0 Å². The van der Waals surface area contributed by atoms with Crippen molar-refractivity contribution in [1.82, 2.24) is 15.0 Å². The lowest BCUT2D eigenvalue weighted by atomic mass is 9.80. The Morgan fingerprint density at radius 1 is 0.377 bits per heavy atom. The van der Waals surface area contributed by atoms with Crippen molar-refractivity contribution in [2.75, 3.05) is 0 Å². The molecular formula is C57H38N4. The highest BCUT2D eigenvalue weighted by molar-refractivity contribution is 6.07. The van der Waals surface area contributed by atoms with Gasteiger partial charge < -0.3 is 0 Å². The fraction of sp³-hybridized carbons (Fsp3) is 0.0526. The molecule has 1 heterocycles. The molecule has 1 aromatic heterocycles. The zero-order chi connectivity index (χ0) is 41.1. The van der Waals surface area contributed by atoms with Crippen LogP contribution in [0.1, 0.15) is 25.0 Å². The molecule has 61 heavy (non-hydrogen) atoms. The Balaban J connectivity index is 1.01. The number of fused-ring (bicyclic) bond motifs is 5. The number of rotatable bonds is 6. The molecule has 0 N–H and O–H groups in total. The van der Waals surface area contributed by atoms with Gasteiger partial charge in [0.15, 0.2) is 23.2 Å². The van der Waals surface area contributed by atoms with Crippen LogP contribution in [0, 0.1) is 6.57 Å². The van der Waals surface area contributed by atoms with Gasteiger partial charge >= 0.3 is 0 Å². The number of benzene rings is 9. The van der Waals surface area contributed by atoms with Crippen molar-refractivity contribution in [3.05, 3.63) is 217 Å². The Kier molecular flexibility index (Phi) is 8.51. The number of nitrogens with zero attached hydrogens (tertiary/aromatic N) is 4. The lowest BCUT2D eigenvalue weighted by Gasteiger charge is -2.23. The first-order valence-corrected chi connectivity index (χ1v) is 20.6. The van der Waals surface area contributed by atoms with Crippen LogP contribution >= 0.6 is 0 Å². The zero-order valence-corrected chi connectivity index (χ0v) is 33.8. The molecule has 11 rings (SSSR count). The summed E-state index contributed by atoms with van der Waals surface area (Å²) in [6.45, 7) is 12.2. The van der Waals surface area contributed by atoms with Crippen LogP contribution in [0.3, 0.4) is 0 Å². The van der Waals surface area contributed by atoms with E-state index in [1.165, 1.54) is 60.5 Å². The Labute approximate surface area is 355 Å². The summed E-state index contributed by atoms with van der Waals surface area (Å²) in [5.41, 5.74) is 15.3. The molecule has 1 aliphatic carbocycles. The van der Waals surface area contributed by atoms with Gasteiger partial charge in [-0.25, -0.2) is 19.8 Å². The molecule has 286 valence electrons. The van der Waals surface area contributed by atoms with Gasteiger partial charge in [0.05, 0.1) is 6.57 Å². The largest absolute Gasteiger partial charge is 0.238 e. The van der Waals surface area contributed by atoms with Crippen molar-refractivity contribution in [2.24, 2.45) is 0 Å². The van der Waals surface area contributed by atoms with Gasteiger partial charge in [0.1, 0.15) is 0 Å². The Hall–Kier alpha value is -8.00. The second-order valence-corrected chi connectivity index (χ2v) is 16.3. The minimum atomic E-state index is -0.239. The molecule has 10 aromatic rings. The molecule has 0 bridgehead atoms. The number of aromatic nitrogens is 3. The first kappa shape index (κ1) is 36.1. The summed E-state index contributed by atoms with van der Waals surface area (Å²) >= 11 is 0. The van der Waals surface area contributed by atoms with Crippen molar-refractivity contribution in [3.63, 3.8) is 0 Å². The molecule has 4 heteroatoms.